The summed E-state index contributed by atoms with van der Waals surface area (Å²) in [6, 6.07) is 9.90. The van der Waals surface area contributed by atoms with Crippen LogP contribution in [0.4, 0.5) is 0 Å². The minimum atomic E-state index is -3.65. The molecule has 8 heteroatoms. The van der Waals surface area contributed by atoms with Gasteiger partial charge in [-0.15, -0.1) is 0 Å². The molecule has 0 aromatic heterocycles. The monoisotopic (exact) mass is 437 g/mol. The Labute approximate surface area is 173 Å². The van der Waals surface area contributed by atoms with Gasteiger partial charge < -0.3 is 4.74 Å². The van der Waals surface area contributed by atoms with E-state index in [0.717, 1.165) is 11.1 Å². The van der Waals surface area contributed by atoms with Crippen molar-refractivity contribution < 1.29 is 21.6 Å². The molecule has 6 nitrogen and oxygen atoms in total. The van der Waals surface area contributed by atoms with Gasteiger partial charge in [0.1, 0.15) is 5.75 Å². The van der Waals surface area contributed by atoms with E-state index in [1.54, 1.807) is 25.1 Å². The van der Waals surface area contributed by atoms with Gasteiger partial charge in [-0.25, -0.2) is 16.8 Å². The van der Waals surface area contributed by atoms with Gasteiger partial charge in [0.05, 0.1) is 22.2 Å². The van der Waals surface area contributed by atoms with Crippen LogP contribution in [-0.2, 0) is 19.9 Å². The number of piperidine rings is 1. The third kappa shape index (κ3) is 4.20. The Bertz CT molecular complexity index is 1100. The SMILES string of the molecule is COc1ccc(S(=O)(=O)C2CCN(S(=O)(=O)c3cc(C)c(C)cc3C)CC2)cc1. The molecule has 0 aliphatic carbocycles. The van der Waals surface area contributed by atoms with Gasteiger partial charge >= 0.3 is 0 Å². The minimum Gasteiger partial charge on any atom is -0.497 e. The Balaban J connectivity index is 1.78. The molecule has 1 fully saturated rings. The van der Waals surface area contributed by atoms with E-state index in [1.807, 2.05) is 19.9 Å². The second-order valence-electron chi connectivity index (χ2n) is 7.53. The fourth-order valence-electron chi connectivity index (χ4n) is 3.69. The fourth-order valence-corrected chi connectivity index (χ4v) is 7.18. The van der Waals surface area contributed by atoms with E-state index in [2.05, 4.69) is 0 Å². The summed E-state index contributed by atoms with van der Waals surface area (Å²) in [5, 5.41) is -0.594. The summed E-state index contributed by atoms with van der Waals surface area (Å²) in [5.74, 6) is 0.591. The lowest BCUT2D eigenvalue weighted by Gasteiger charge is -2.31. The maximum atomic E-state index is 13.1. The van der Waals surface area contributed by atoms with E-state index in [9.17, 15) is 16.8 Å². The molecule has 0 radical (unpaired) electrons. The van der Waals surface area contributed by atoms with E-state index in [4.69, 9.17) is 4.74 Å². The summed E-state index contributed by atoms with van der Waals surface area (Å²) < 4.78 is 58.6. The normalized spacial score (nSPS) is 16.7. The number of methoxy groups -OCH3 is 1. The van der Waals surface area contributed by atoms with Crippen LogP contribution < -0.4 is 4.74 Å². The summed E-state index contributed by atoms with van der Waals surface area (Å²) in [7, 11) is -5.65. The second kappa shape index (κ2) is 8.08. The number of aryl methyl sites for hydroxylation is 3. The minimum absolute atomic E-state index is 0.189. The Kier molecular flexibility index (Phi) is 6.08. The Morgan fingerprint density at radius 3 is 1.97 bits per heavy atom. The molecule has 0 amide bonds. The first-order valence-electron chi connectivity index (χ1n) is 9.53. The predicted octanol–water partition coefficient (Wildman–Crippen LogP) is 3.25. The van der Waals surface area contributed by atoms with Gasteiger partial charge in [0, 0.05) is 13.1 Å². The van der Waals surface area contributed by atoms with Gasteiger partial charge in [-0.05, 0) is 80.6 Å². The number of hydrogen-bond acceptors (Lipinski definition) is 5. The van der Waals surface area contributed by atoms with Gasteiger partial charge in [-0.3, -0.25) is 0 Å². The largest absolute Gasteiger partial charge is 0.497 e. The number of hydrogen-bond donors (Lipinski definition) is 0. The van der Waals surface area contributed by atoms with E-state index in [-0.39, 0.29) is 30.8 Å². The highest BCUT2D eigenvalue weighted by Crippen LogP contribution is 2.30. The van der Waals surface area contributed by atoms with E-state index in [0.29, 0.717) is 16.2 Å². The average molecular weight is 438 g/mol. The van der Waals surface area contributed by atoms with Gasteiger partial charge in [-0.1, -0.05) is 6.07 Å². The quantitative estimate of drug-likeness (QED) is 0.717. The zero-order chi connectivity index (χ0) is 21.4. The van der Waals surface area contributed by atoms with Crippen molar-refractivity contribution in [2.75, 3.05) is 20.2 Å². The number of ether oxygens (including phenoxy) is 1. The molecule has 29 heavy (non-hydrogen) atoms. The summed E-state index contributed by atoms with van der Waals surface area (Å²) in [6.07, 6.45) is 0.551. The Hall–Kier alpha value is -1.90. The summed E-state index contributed by atoms with van der Waals surface area (Å²) >= 11 is 0. The third-order valence-corrected chi connectivity index (χ3v) is 9.96. The topological polar surface area (TPSA) is 80.8 Å². The van der Waals surface area contributed by atoms with Crippen molar-refractivity contribution >= 4 is 19.9 Å². The van der Waals surface area contributed by atoms with Crippen molar-refractivity contribution in [1.29, 1.82) is 0 Å². The third-order valence-electron chi connectivity index (χ3n) is 5.64. The lowest BCUT2D eigenvalue weighted by Crippen LogP contribution is -2.42. The molecule has 158 valence electrons. The van der Waals surface area contributed by atoms with E-state index < -0.39 is 25.1 Å². The van der Waals surface area contributed by atoms with Crippen LogP contribution in [0.25, 0.3) is 0 Å². The Morgan fingerprint density at radius 2 is 1.41 bits per heavy atom. The van der Waals surface area contributed by atoms with Crippen LogP contribution in [-0.4, -0.2) is 46.6 Å². The molecule has 0 spiro atoms. The number of rotatable bonds is 5. The van der Waals surface area contributed by atoms with Crippen LogP contribution in [0.3, 0.4) is 0 Å². The summed E-state index contributed by atoms with van der Waals surface area (Å²) in [5.41, 5.74) is 2.68. The molecule has 1 aliphatic rings. The molecule has 1 heterocycles. The maximum absolute atomic E-state index is 13.1. The summed E-state index contributed by atoms with van der Waals surface area (Å²) in [4.78, 5) is 0.543. The van der Waals surface area contributed by atoms with Crippen molar-refractivity contribution in [3.63, 3.8) is 0 Å². The fraction of sp³-hybridized carbons (Fsp3) is 0.429. The van der Waals surface area contributed by atoms with Crippen molar-refractivity contribution in [3.05, 3.63) is 53.1 Å². The first kappa shape index (κ1) is 21.8. The highest BCUT2D eigenvalue weighted by molar-refractivity contribution is 7.92. The van der Waals surface area contributed by atoms with E-state index in [1.165, 1.54) is 23.5 Å². The van der Waals surface area contributed by atoms with Gasteiger partial charge in [0.2, 0.25) is 10.0 Å². The highest BCUT2D eigenvalue weighted by Gasteiger charge is 2.36. The molecule has 0 unspecified atom stereocenters. The predicted molar refractivity (Wildman–Crippen MR) is 113 cm³/mol. The first-order chi connectivity index (χ1) is 13.6. The lowest BCUT2D eigenvalue weighted by atomic mass is 10.1. The van der Waals surface area contributed by atoms with Crippen LogP contribution >= 0.6 is 0 Å². The molecule has 1 aliphatic heterocycles. The van der Waals surface area contributed by atoms with Crippen LogP contribution in [0, 0.1) is 20.8 Å². The van der Waals surface area contributed by atoms with Crippen molar-refractivity contribution in [1.82, 2.24) is 4.31 Å². The lowest BCUT2D eigenvalue weighted by molar-refractivity contribution is 0.345. The molecule has 2 aromatic carbocycles. The summed E-state index contributed by atoms with van der Waals surface area (Å²) in [6.45, 7) is 6.01. The van der Waals surface area contributed by atoms with Gasteiger partial charge in [0.15, 0.2) is 9.84 Å². The number of sulfonamides is 1. The molecule has 0 atom stereocenters. The van der Waals surface area contributed by atoms with Crippen LogP contribution in [0.5, 0.6) is 5.75 Å². The van der Waals surface area contributed by atoms with Gasteiger partial charge in [0.25, 0.3) is 0 Å². The standard InChI is InChI=1S/C21H27NO5S2/c1-15-13-17(3)21(14-16(15)2)29(25,26)22-11-9-20(10-12-22)28(23,24)19-7-5-18(27-4)6-8-19/h5-8,13-14,20H,9-12H2,1-4H3. The zero-order valence-corrected chi connectivity index (χ0v) is 18.8. The number of benzene rings is 2. The second-order valence-corrected chi connectivity index (χ2v) is 11.7. The average Bonchev–Trinajstić information content (AvgIpc) is 2.70. The van der Waals surface area contributed by atoms with Crippen LogP contribution in [0.15, 0.2) is 46.2 Å². The molecule has 3 rings (SSSR count). The van der Waals surface area contributed by atoms with E-state index >= 15 is 0 Å². The molecule has 2 aromatic rings. The van der Waals surface area contributed by atoms with Gasteiger partial charge in [-0.2, -0.15) is 4.31 Å². The molecular weight excluding hydrogens is 410 g/mol. The van der Waals surface area contributed by atoms with Crippen LogP contribution in [0.1, 0.15) is 29.5 Å². The number of nitrogens with zero attached hydrogens (tertiary/aromatic N) is 1. The number of sulfone groups is 1. The maximum Gasteiger partial charge on any atom is 0.243 e. The molecular formula is C21H27NO5S2. The zero-order valence-electron chi connectivity index (χ0n) is 17.2. The van der Waals surface area contributed by atoms with Crippen molar-refractivity contribution in [2.24, 2.45) is 0 Å². The molecule has 0 bridgehead atoms. The Morgan fingerprint density at radius 1 is 0.862 bits per heavy atom. The van der Waals surface area contributed by atoms with Crippen molar-refractivity contribution in [3.8, 4) is 5.75 Å². The first-order valence-corrected chi connectivity index (χ1v) is 12.5. The smallest absolute Gasteiger partial charge is 0.243 e. The van der Waals surface area contributed by atoms with Crippen molar-refractivity contribution in [2.45, 2.75) is 48.7 Å². The highest BCUT2D eigenvalue weighted by atomic mass is 32.2. The molecule has 0 N–H and O–H groups in total. The van der Waals surface area contributed by atoms with Crippen LogP contribution in [0.2, 0.25) is 0 Å². The molecule has 0 saturated carbocycles. The molecule has 1 saturated heterocycles.